The maximum Gasteiger partial charge on any atom is 0.254 e. The second-order valence-electron chi connectivity index (χ2n) is 4.49. The standard InChI is InChI=1S/C12H20N4O2/c1-18-6-5-14-12(17)10-8-15-16-11(10)9-3-2-4-13-7-9/h8-9,13H,2-7H2,1H3,(H,14,17)(H,15,16)/t9-/m1/s1. The van der Waals surface area contributed by atoms with E-state index in [0.717, 1.165) is 31.6 Å². The summed E-state index contributed by atoms with van der Waals surface area (Å²) in [5, 5.41) is 13.1. The van der Waals surface area contributed by atoms with Gasteiger partial charge in [0.2, 0.25) is 0 Å². The van der Waals surface area contributed by atoms with Crippen LogP contribution in [-0.4, -0.2) is 49.5 Å². The maximum absolute atomic E-state index is 12.0. The van der Waals surface area contributed by atoms with Crippen molar-refractivity contribution in [2.45, 2.75) is 18.8 Å². The lowest BCUT2D eigenvalue weighted by molar-refractivity contribution is 0.0935. The highest BCUT2D eigenvalue weighted by atomic mass is 16.5. The van der Waals surface area contributed by atoms with Crippen molar-refractivity contribution in [2.75, 3.05) is 33.4 Å². The molecule has 2 rings (SSSR count). The fourth-order valence-corrected chi connectivity index (χ4v) is 2.25. The van der Waals surface area contributed by atoms with Gasteiger partial charge in [-0.2, -0.15) is 5.10 Å². The van der Waals surface area contributed by atoms with Crippen LogP contribution in [0.2, 0.25) is 0 Å². The molecule has 3 N–H and O–H groups in total. The zero-order chi connectivity index (χ0) is 12.8. The third-order valence-electron chi connectivity index (χ3n) is 3.21. The minimum absolute atomic E-state index is 0.0821. The number of aromatic nitrogens is 2. The van der Waals surface area contributed by atoms with Gasteiger partial charge in [-0.25, -0.2) is 0 Å². The fraction of sp³-hybridized carbons (Fsp3) is 0.667. The minimum atomic E-state index is -0.0821. The molecule has 1 atom stereocenters. The molecule has 0 bridgehead atoms. The van der Waals surface area contributed by atoms with Crippen LogP contribution >= 0.6 is 0 Å². The Morgan fingerprint density at radius 2 is 2.56 bits per heavy atom. The number of methoxy groups -OCH3 is 1. The van der Waals surface area contributed by atoms with E-state index in [1.807, 2.05) is 0 Å². The SMILES string of the molecule is COCCNC(=O)c1cn[nH]c1[C@@H]1CCCNC1. The number of carbonyl (C=O) groups is 1. The van der Waals surface area contributed by atoms with Gasteiger partial charge in [0.15, 0.2) is 0 Å². The lowest BCUT2D eigenvalue weighted by Gasteiger charge is -2.22. The summed E-state index contributed by atoms with van der Waals surface area (Å²) in [4.78, 5) is 12.0. The Morgan fingerprint density at radius 1 is 1.67 bits per heavy atom. The molecule has 0 radical (unpaired) electrons. The van der Waals surface area contributed by atoms with Crippen LogP contribution in [0, 0.1) is 0 Å². The summed E-state index contributed by atoms with van der Waals surface area (Å²) >= 11 is 0. The molecule has 1 aromatic rings. The van der Waals surface area contributed by atoms with E-state index in [4.69, 9.17) is 4.74 Å². The number of piperidine rings is 1. The van der Waals surface area contributed by atoms with Crippen molar-refractivity contribution < 1.29 is 9.53 Å². The Labute approximate surface area is 106 Å². The van der Waals surface area contributed by atoms with Gasteiger partial charge in [0.1, 0.15) is 0 Å². The van der Waals surface area contributed by atoms with Gasteiger partial charge in [-0.1, -0.05) is 0 Å². The van der Waals surface area contributed by atoms with E-state index in [2.05, 4.69) is 20.8 Å². The van der Waals surface area contributed by atoms with Gasteiger partial charge in [-0.05, 0) is 19.4 Å². The lowest BCUT2D eigenvalue weighted by Crippen LogP contribution is -2.31. The number of amides is 1. The van der Waals surface area contributed by atoms with Crippen LogP contribution in [0.5, 0.6) is 0 Å². The van der Waals surface area contributed by atoms with Crippen molar-refractivity contribution in [2.24, 2.45) is 0 Å². The van der Waals surface area contributed by atoms with Gasteiger partial charge in [-0.15, -0.1) is 0 Å². The predicted molar refractivity (Wildman–Crippen MR) is 67.6 cm³/mol. The third-order valence-corrected chi connectivity index (χ3v) is 3.21. The molecule has 1 amide bonds. The van der Waals surface area contributed by atoms with Gasteiger partial charge < -0.3 is 15.4 Å². The predicted octanol–water partition coefficient (Wildman–Crippen LogP) is 0.253. The molecule has 2 heterocycles. The number of H-pyrrole nitrogens is 1. The summed E-state index contributed by atoms with van der Waals surface area (Å²) in [6.45, 7) is 2.99. The molecule has 0 saturated carbocycles. The zero-order valence-electron chi connectivity index (χ0n) is 10.7. The monoisotopic (exact) mass is 252 g/mol. The highest BCUT2D eigenvalue weighted by Gasteiger charge is 2.22. The number of ether oxygens (including phenoxy) is 1. The van der Waals surface area contributed by atoms with E-state index in [-0.39, 0.29) is 5.91 Å². The van der Waals surface area contributed by atoms with Crippen molar-refractivity contribution in [1.82, 2.24) is 20.8 Å². The molecule has 1 aliphatic rings. The average molecular weight is 252 g/mol. The molecule has 1 aromatic heterocycles. The second-order valence-corrected chi connectivity index (χ2v) is 4.49. The Hall–Kier alpha value is -1.40. The average Bonchev–Trinajstić information content (AvgIpc) is 2.89. The summed E-state index contributed by atoms with van der Waals surface area (Å²) in [7, 11) is 1.61. The topological polar surface area (TPSA) is 79.0 Å². The van der Waals surface area contributed by atoms with E-state index < -0.39 is 0 Å². The highest BCUT2D eigenvalue weighted by Crippen LogP contribution is 2.24. The summed E-state index contributed by atoms with van der Waals surface area (Å²) in [5.41, 5.74) is 1.59. The van der Waals surface area contributed by atoms with E-state index in [9.17, 15) is 4.79 Å². The largest absolute Gasteiger partial charge is 0.383 e. The van der Waals surface area contributed by atoms with E-state index in [1.165, 1.54) is 0 Å². The first-order chi connectivity index (χ1) is 8.83. The first-order valence-corrected chi connectivity index (χ1v) is 6.34. The van der Waals surface area contributed by atoms with Gasteiger partial charge in [0, 0.05) is 26.1 Å². The number of nitrogens with zero attached hydrogens (tertiary/aromatic N) is 1. The van der Waals surface area contributed by atoms with E-state index in [1.54, 1.807) is 13.3 Å². The van der Waals surface area contributed by atoms with Gasteiger partial charge >= 0.3 is 0 Å². The Balaban J connectivity index is 1.99. The van der Waals surface area contributed by atoms with Crippen LogP contribution in [0.4, 0.5) is 0 Å². The van der Waals surface area contributed by atoms with Crippen molar-refractivity contribution in [3.05, 3.63) is 17.5 Å². The Kier molecular flexibility index (Phi) is 4.72. The molecule has 6 nitrogen and oxygen atoms in total. The van der Waals surface area contributed by atoms with Crippen LogP contribution in [0.1, 0.15) is 34.8 Å². The van der Waals surface area contributed by atoms with Gasteiger partial charge in [0.05, 0.1) is 24.1 Å². The molecule has 6 heteroatoms. The molecule has 0 unspecified atom stereocenters. The number of hydrogen-bond donors (Lipinski definition) is 3. The molecule has 1 fully saturated rings. The van der Waals surface area contributed by atoms with Crippen LogP contribution in [0.25, 0.3) is 0 Å². The van der Waals surface area contributed by atoms with Crippen LogP contribution in [0.15, 0.2) is 6.20 Å². The molecule has 100 valence electrons. The molecule has 1 saturated heterocycles. The molecular formula is C12H20N4O2. The molecule has 1 aliphatic heterocycles. The van der Waals surface area contributed by atoms with Crippen LogP contribution in [0.3, 0.4) is 0 Å². The number of nitrogens with one attached hydrogen (secondary N) is 3. The van der Waals surface area contributed by atoms with Crippen molar-refractivity contribution in [1.29, 1.82) is 0 Å². The van der Waals surface area contributed by atoms with E-state index >= 15 is 0 Å². The van der Waals surface area contributed by atoms with Crippen LogP contribution in [-0.2, 0) is 4.74 Å². The van der Waals surface area contributed by atoms with Crippen molar-refractivity contribution >= 4 is 5.91 Å². The summed E-state index contributed by atoms with van der Waals surface area (Å²) in [6.07, 6.45) is 3.83. The smallest absolute Gasteiger partial charge is 0.254 e. The second kappa shape index (κ2) is 6.51. The summed E-state index contributed by atoms with van der Waals surface area (Å²) in [5.74, 6) is 0.269. The summed E-state index contributed by atoms with van der Waals surface area (Å²) < 4.78 is 4.91. The molecule has 0 aromatic carbocycles. The molecule has 0 aliphatic carbocycles. The zero-order valence-corrected chi connectivity index (χ0v) is 10.7. The summed E-state index contributed by atoms with van der Waals surface area (Å²) in [6, 6.07) is 0. The van der Waals surface area contributed by atoms with Crippen molar-refractivity contribution in [3.8, 4) is 0 Å². The Morgan fingerprint density at radius 3 is 3.28 bits per heavy atom. The molecular weight excluding hydrogens is 232 g/mol. The first kappa shape index (κ1) is 13.0. The molecule has 18 heavy (non-hydrogen) atoms. The van der Waals surface area contributed by atoms with Gasteiger partial charge in [0.25, 0.3) is 5.91 Å². The van der Waals surface area contributed by atoms with Crippen molar-refractivity contribution in [3.63, 3.8) is 0 Å². The lowest BCUT2D eigenvalue weighted by atomic mass is 9.93. The number of rotatable bonds is 5. The number of carbonyl (C=O) groups excluding carboxylic acids is 1. The Bertz CT molecular complexity index is 385. The number of aromatic amines is 1. The maximum atomic E-state index is 12.0. The fourth-order valence-electron chi connectivity index (χ4n) is 2.25. The number of hydrogen-bond acceptors (Lipinski definition) is 4. The van der Waals surface area contributed by atoms with Crippen LogP contribution < -0.4 is 10.6 Å². The molecule has 0 spiro atoms. The van der Waals surface area contributed by atoms with E-state index in [0.29, 0.717) is 24.6 Å². The van der Waals surface area contributed by atoms with Gasteiger partial charge in [-0.3, -0.25) is 9.89 Å². The third kappa shape index (κ3) is 3.08. The normalized spacial score (nSPS) is 19.7. The first-order valence-electron chi connectivity index (χ1n) is 6.34. The minimum Gasteiger partial charge on any atom is -0.383 e. The quantitative estimate of drug-likeness (QED) is 0.656. The highest BCUT2D eigenvalue weighted by molar-refractivity contribution is 5.95.